The fraction of sp³-hybridized carbons (Fsp3) is 0.214. The number of primary sulfonamides is 1. The van der Waals surface area contributed by atoms with Crippen LogP contribution in [0.1, 0.15) is 28.2 Å². The second kappa shape index (κ2) is 6.49. The number of carbonyl (C=O) groups is 1. The van der Waals surface area contributed by atoms with E-state index >= 15 is 0 Å². The van der Waals surface area contributed by atoms with Crippen molar-refractivity contribution in [3.8, 4) is 0 Å². The summed E-state index contributed by atoms with van der Waals surface area (Å²) in [6, 6.07) is 9.63. The van der Waals surface area contributed by atoms with E-state index in [1.807, 2.05) is 13.0 Å². The normalized spacial score (nSPS) is 12.9. The lowest BCUT2D eigenvalue weighted by molar-refractivity contribution is 0.0747. The van der Waals surface area contributed by atoms with Gasteiger partial charge in [-0.3, -0.25) is 4.79 Å². The monoisotopic (exact) mass is 402 g/mol. The molecular weight excluding hydrogens is 388 g/mol. The predicted molar refractivity (Wildman–Crippen MR) is 90.3 cm³/mol. The van der Waals surface area contributed by atoms with E-state index in [1.165, 1.54) is 23.5 Å². The van der Waals surface area contributed by atoms with Crippen molar-refractivity contribution in [1.29, 1.82) is 0 Å². The van der Waals surface area contributed by atoms with Crippen molar-refractivity contribution < 1.29 is 13.2 Å². The zero-order chi connectivity index (χ0) is 16.5. The Balaban J connectivity index is 2.20. The first-order valence-corrected chi connectivity index (χ1v) is 9.51. The van der Waals surface area contributed by atoms with E-state index in [2.05, 4.69) is 15.9 Å². The lowest BCUT2D eigenvalue weighted by Gasteiger charge is -2.25. The minimum atomic E-state index is -3.71. The average Bonchev–Trinajstić information content (AvgIpc) is 2.90. The fourth-order valence-corrected chi connectivity index (χ4v) is 3.82. The van der Waals surface area contributed by atoms with Gasteiger partial charge < -0.3 is 4.90 Å². The number of hydrogen-bond donors (Lipinski definition) is 1. The SMILES string of the molecule is C[C@H](c1ccc(S(N)(=O)=O)cc1)N(C)C(=O)c1ccc(Br)s1. The number of thiophene rings is 1. The molecule has 2 aromatic rings. The molecule has 0 aliphatic heterocycles. The minimum Gasteiger partial charge on any atom is -0.334 e. The first-order valence-electron chi connectivity index (χ1n) is 6.35. The molecule has 8 heteroatoms. The van der Waals surface area contributed by atoms with E-state index in [-0.39, 0.29) is 16.8 Å². The van der Waals surface area contributed by atoms with Gasteiger partial charge in [0.15, 0.2) is 0 Å². The van der Waals surface area contributed by atoms with Crippen LogP contribution < -0.4 is 5.14 Å². The Kier molecular flexibility index (Phi) is 5.06. The molecule has 1 aromatic heterocycles. The van der Waals surface area contributed by atoms with Crippen molar-refractivity contribution in [3.05, 3.63) is 50.6 Å². The van der Waals surface area contributed by atoms with Crippen LogP contribution in [0.5, 0.6) is 0 Å². The first kappa shape index (κ1) is 17.1. The summed E-state index contributed by atoms with van der Waals surface area (Å²) in [5.41, 5.74) is 0.832. The molecule has 0 fully saturated rings. The first-order chi connectivity index (χ1) is 10.2. The average molecular weight is 403 g/mol. The molecule has 0 saturated carbocycles. The maximum absolute atomic E-state index is 12.4. The summed E-state index contributed by atoms with van der Waals surface area (Å²) in [5, 5.41) is 5.07. The second-order valence-corrected chi connectivity index (χ2v) is 8.83. The van der Waals surface area contributed by atoms with Crippen molar-refractivity contribution in [2.24, 2.45) is 5.14 Å². The van der Waals surface area contributed by atoms with Gasteiger partial charge in [0.2, 0.25) is 10.0 Å². The quantitative estimate of drug-likeness (QED) is 0.852. The predicted octanol–water partition coefficient (Wildman–Crippen LogP) is 2.99. The molecule has 0 spiro atoms. The van der Waals surface area contributed by atoms with E-state index in [1.54, 1.807) is 30.1 Å². The summed E-state index contributed by atoms with van der Waals surface area (Å²) < 4.78 is 23.4. The van der Waals surface area contributed by atoms with Crippen LogP contribution in [0.2, 0.25) is 0 Å². The zero-order valence-corrected chi connectivity index (χ0v) is 15.2. The van der Waals surface area contributed by atoms with Crippen LogP contribution in [0.3, 0.4) is 0 Å². The van der Waals surface area contributed by atoms with Gasteiger partial charge in [-0.05, 0) is 52.7 Å². The highest BCUT2D eigenvalue weighted by Crippen LogP contribution is 2.27. The molecule has 0 aliphatic rings. The highest BCUT2D eigenvalue weighted by molar-refractivity contribution is 9.11. The standard InChI is InChI=1S/C14H15BrN2O3S2/c1-9(10-3-5-11(6-4-10)22(16,19)20)17(2)14(18)12-7-8-13(15)21-12/h3-9H,1-2H3,(H2,16,19,20)/t9-/m1/s1. The highest BCUT2D eigenvalue weighted by Gasteiger charge is 2.20. The van der Waals surface area contributed by atoms with E-state index in [9.17, 15) is 13.2 Å². The number of rotatable bonds is 4. The largest absolute Gasteiger partial charge is 0.334 e. The van der Waals surface area contributed by atoms with Gasteiger partial charge in [-0.2, -0.15) is 0 Å². The smallest absolute Gasteiger partial charge is 0.264 e. The third kappa shape index (κ3) is 3.75. The highest BCUT2D eigenvalue weighted by atomic mass is 79.9. The zero-order valence-electron chi connectivity index (χ0n) is 12.0. The number of sulfonamides is 1. The minimum absolute atomic E-state index is 0.0552. The summed E-state index contributed by atoms with van der Waals surface area (Å²) in [7, 11) is -1.99. The van der Waals surface area contributed by atoms with Gasteiger partial charge in [0.05, 0.1) is 19.6 Å². The van der Waals surface area contributed by atoms with Gasteiger partial charge in [0, 0.05) is 7.05 Å². The number of halogens is 1. The molecule has 118 valence electrons. The molecule has 1 amide bonds. The maximum atomic E-state index is 12.4. The fourth-order valence-electron chi connectivity index (χ4n) is 1.94. The van der Waals surface area contributed by atoms with Crippen molar-refractivity contribution in [2.75, 3.05) is 7.05 Å². The van der Waals surface area contributed by atoms with Crippen molar-refractivity contribution in [2.45, 2.75) is 17.9 Å². The molecule has 5 nitrogen and oxygen atoms in total. The third-order valence-corrected chi connectivity index (χ3v) is 5.92. The maximum Gasteiger partial charge on any atom is 0.264 e. The van der Waals surface area contributed by atoms with Crippen LogP contribution >= 0.6 is 27.3 Å². The Morgan fingerprint density at radius 2 is 1.82 bits per heavy atom. The Labute approximate surface area is 141 Å². The van der Waals surface area contributed by atoms with E-state index in [0.717, 1.165) is 9.35 Å². The number of carbonyl (C=O) groups excluding carboxylic acids is 1. The van der Waals surface area contributed by atoms with E-state index in [0.29, 0.717) is 4.88 Å². The molecular formula is C14H15BrN2O3S2. The van der Waals surface area contributed by atoms with Gasteiger partial charge in [-0.25, -0.2) is 13.6 Å². The summed E-state index contributed by atoms with van der Waals surface area (Å²) in [5.74, 6) is -0.0845. The molecule has 0 radical (unpaired) electrons. The molecule has 2 rings (SSSR count). The summed E-state index contributed by atoms with van der Waals surface area (Å²) in [6.45, 7) is 1.88. The number of amides is 1. The Morgan fingerprint density at radius 1 is 1.23 bits per heavy atom. The van der Waals surface area contributed by atoms with Crippen LogP contribution in [-0.4, -0.2) is 26.3 Å². The van der Waals surface area contributed by atoms with E-state index < -0.39 is 10.0 Å². The number of hydrogen-bond acceptors (Lipinski definition) is 4. The van der Waals surface area contributed by atoms with Crippen LogP contribution in [0, 0.1) is 0 Å². The van der Waals surface area contributed by atoms with Crippen LogP contribution in [0.15, 0.2) is 45.1 Å². The van der Waals surface area contributed by atoms with Gasteiger partial charge >= 0.3 is 0 Å². The Hall–Kier alpha value is -1.22. The lowest BCUT2D eigenvalue weighted by Crippen LogP contribution is -2.29. The Bertz CT molecular complexity index is 785. The molecule has 1 aromatic carbocycles. The van der Waals surface area contributed by atoms with Crippen LogP contribution in [-0.2, 0) is 10.0 Å². The molecule has 1 heterocycles. The topological polar surface area (TPSA) is 80.5 Å². The van der Waals surface area contributed by atoms with Gasteiger partial charge in [-0.1, -0.05) is 12.1 Å². The molecule has 0 unspecified atom stereocenters. The third-order valence-electron chi connectivity index (χ3n) is 3.38. The number of nitrogens with two attached hydrogens (primary N) is 1. The number of nitrogens with zero attached hydrogens (tertiary/aromatic N) is 1. The Morgan fingerprint density at radius 3 is 2.27 bits per heavy atom. The van der Waals surface area contributed by atoms with Crippen LogP contribution in [0.4, 0.5) is 0 Å². The molecule has 2 N–H and O–H groups in total. The summed E-state index contributed by atoms with van der Waals surface area (Å²) >= 11 is 4.71. The molecule has 0 saturated heterocycles. The molecule has 0 aliphatic carbocycles. The van der Waals surface area contributed by atoms with Crippen molar-refractivity contribution in [3.63, 3.8) is 0 Å². The number of benzene rings is 1. The molecule has 1 atom stereocenters. The second-order valence-electron chi connectivity index (χ2n) is 4.81. The summed E-state index contributed by atoms with van der Waals surface area (Å²) in [6.07, 6.45) is 0. The van der Waals surface area contributed by atoms with E-state index in [4.69, 9.17) is 5.14 Å². The van der Waals surface area contributed by atoms with Gasteiger partial charge in [0.1, 0.15) is 0 Å². The molecule has 0 bridgehead atoms. The van der Waals surface area contributed by atoms with Crippen molar-refractivity contribution in [1.82, 2.24) is 4.90 Å². The van der Waals surface area contributed by atoms with Gasteiger partial charge in [0.25, 0.3) is 5.91 Å². The molecule has 22 heavy (non-hydrogen) atoms. The lowest BCUT2D eigenvalue weighted by atomic mass is 10.1. The van der Waals surface area contributed by atoms with Gasteiger partial charge in [-0.15, -0.1) is 11.3 Å². The van der Waals surface area contributed by atoms with Crippen molar-refractivity contribution >= 4 is 43.2 Å². The van der Waals surface area contributed by atoms with Crippen LogP contribution in [0.25, 0.3) is 0 Å². The summed E-state index contributed by atoms with van der Waals surface area (Å²) in [4.78, 5) is 14.7.